The third-order valence-electron chi connectivity index (χ3n) is 5.29. The minimum atomic E-state index is -2.35. The fraction of sp³-hybridized carbons (Fsp3) is 0.588. The van der Waals surface area contributed by atoms with Crippen molar-refractivity contribution in [2.24, 2.45) is 5.92 Å². The van der Waals surface area contributed by atoms with Crippen LogP contribution in [0.1, 0.15) is 37.0 Å². The minimum Gasteiger partial charge on any atom is -0.755 e. The normalized spacial score (nSPS) is 20.7. The fourth-order valence-corrected chi connectivity index (χ4v) is 3.82. The van der Waals surface area contributed by atoms with Crippen LogP contribution in [0.2, 0.25) is 0 Å². The third-order valence-corrected chi connectivity index (χ3v) is 5.69. The smallest absolute Gasteiger partial charge is 0.253 e. The first kappa shape index (κ1) is 17.4. The first-order valence-electron chi connectivity index (χ1n) is 8.38. The molecule has 132 valence electrons. The molecular weight excluding hydrogens is 326 g/mol. The number of hydrogen-bond acceptors (Lipinski definition) is 4. The van der Waals surface area contributed by atoms with E-state index in [0.29, 0.717) is 11.3 Å². The second-order valence-electron chi connectivity index (χ2n) is 7.12. The zero-order chi connectivity index (χ0) is 17.3. The van der Waals surface area contributed by atoms with Gasteiger partial charge in [-0.1, -0.05) is 0 Å². The Labute approximate surface area is 145 Å². The maximum absolute atomic E-state index is 12.6. The van der Waals surface area contributed by atoms with E-state index in [-0.39, 0.29) is 11.4 Å². The van der Waals surface area contributed by atoms with Crippen molar-refractivity contribution in [2.75, 3.05) is 30.9 Å². The van der Waals surface area contributed by atoms with Crippen molar-refractivity contribution in [1.29, 1.82) is 0 Å². The van der Waals surface area contributed by atoms with Crippen molar-refractivity contribution < 1.29 is 13.6 Å². The number of hydrogen-bond donors (Lipinski definition) is 1. The maximum Gasteiger partial charge on any atom is 0.253 e. The summed E-state index contributed by atoms with van der Waals surface area (Å²) in [6.07, 6.45) is 2.64. The van der Waals surface area contributed by atoms with Gasteiger partial charge in [-0.25, -0.2) is 0 Å². The summed E-state index contributed by atoms with van der Waals surface area (Å²) < 4.78 is 23.5. The predicted octanol–water partition coefficient (Wildman–Crippen LogP) is 1.84. The van der Waals surface area contributed by atoms with Crippen molar-refractivity contribution in [3.63, 3.8) is 0 Å². The van der Waals surface area contributed by atoms with Crippen LogP contribution in [0.15, 0.2) is 24.3 Å². The highest BCUT2D eigenvalue weighted by Crippen LogP contribution is 2.43. The molecule has 7 heteroatoms. The van der Waals surface area contributed by atoms with E-state index >= 15 is 0 Å². The van der Waals surface area contributed by atoms with Crippen LogP contribution in [0.3, 0.4) is 0 Å². The molecule has 1 aliphatic heterocycles. The number of amides is 1. The Morgan fingerprint density at radius 3 is 2.25 bits per heavy atom. The van der Waals surface area contributed by atoms with Crippen LogP contribution in [0.5, 0.6) is 0 Å². The van der Waals surface area contributed by atoms with Crippen LogP contribution in [-0.4, -0.2) is 56.2 Å². The Hall–Kier alpha value is -1.44. The fourth-order valence-electron chi connectivity index (χ4n) is 3.49. The molecule has 1 aromatic carbocycles. The molecule has 24 heavy (non-hydrogen) atoms. The van der Waals surface area contributed by atoms with E-state index in [0.717, 1.165) is 32.1 Å². The van der Waals surface area contributed by atoms with Crippen LogP contribution < -0.4 is 4.72 Å². The highest BCUT2D eigenvalue weighted by atomic mass is 32.2. The van der Waals surface area contributed by atoms with Crippen LogP contribution in [0.25, 0.3) is 0 Å². The zero-order valence-electron chi connectivity index (χ0n) is 14.2. The highest BCUT2D eigenvalue weighted by molar-refractivity contribution is 7.80. The molecule has 6 nitrogen and oxygen atoms in total. The largest absolute Gasteiger partial charge is 0.755 e. The minimum absolute atomic E-state index is 0.00803. The first-order chi connectivity index (χ1) is 11.4. The number of carbonyl (C=O) groups excluding carboxylic acids is 1. The van der Waals surface area contributed by atoms with Gasteiger partial charge in [-0.15, -0.1) is 0 Å². The van der Waals surface area contributed by atoms with Gasteiger partial charge in [-0.2, -0.15) is 0 Å². The van der Waals surface area contributed by atoms with Crippen LogP contribution >= 0.6 is 0 Å². The number of nitrogens with one attached hydrogen (secondary N) is 1. The van der Waals surface area contributed by atoms with E-state index in [1.54, 1.807) is 24.3 Å². The maximum atomic E-state index is 12.6. The summed E-state index contributed by atoms with van der Waals surface area (Å²) >= 11 is -2.35. The Kier molecular flexibility index (Phi) is 4.94. The van der Waals surface area contributed by atoms with Gasteiger partial charge < -0.3 is 14.2 Å². The Bertz CT molecular complexity index is 620. The molecule has 1 atom stereocenters. The van der Waals surface area contributed by atoms with Gasteiger partial charge in [-0.05, 0) is 56.9 Å². The molecule has 2 fully saturated rings. The van der Waals surface area contributed by atoms with E-state index in [1.807, 2.05) is 4.90 Å². The number of piperazine rings is 1. The van der Waals surface area contributed by atoms with E-state index in [2.05, 4.69) is 23.5 Å². The number of benzene rings is 1. The molecule has 1 aliphatic carbocycles. The molecule has 1 N–H and O–H groups in total. The summed E-state index contributed by atoms with van der Waals surface area (Å²) in [5.41, 5.74) is 1.28. The number of nitrogens with zero attached hydrogens (tertiary/aromatic N) is 2. The summed E-state index contributed by atoms with van der Waals surface area (Å²) in [6, 6.07) is 6.54. The lowest BCUT2D eigenvalue weighted by molar-refractivity contribution is 0.0328. The van der Waals surface area contributed by atoms with Crippen molar-refractivity contribution in [2.45, 2.75) is 32.2 Å². The van der Waals surface area contributed by atoms with Gasteiger partial charge in [0.15, 0.2) is 0 Å². The van der Waals surface area contributed by atoms with Crippen molar-refractivity contribution in [3.8, 4) is 0 Å². The Morgan fingerprint density at radius 1 is 1.17 bits per heavy atom. The SMILES string of the molecule is CC(C)(C1CC1)N1CCN(C(=O)c2ccc(NS(=O)[O-])cc2)CC1. The molecule has 1 heterocycles. The molecule has 1 aromatic rings. The molecular formula is C17H24N3O3S-. The summed E-state index contributed by atoms with van der Waals surface area (Å²) in [7, 11) is 0. The molecule has 0 bridgehead atoms. The molecule has 0 radical (unpaired) electrons. The number of anilines is 1. The second-order valence-corrected chi connectivity index (χ2v) is 7.79. The Balaban J connectivity index is 1.57. The third kappa shape index (κ3) is 3.79. The van der Waals surface area contributed by atoms with Gasteiger partial charge in [0.05, 0.1) is 0 Å². The molecule has 1 unspecified atom stereocenters. The van der Waals surface area contributed by atoms with Crippen molar-refractivity contribution in [1.82, 2.24) is 9.80 Å². The summed E-state index contributed by atoms with van der Waals surface area (Å²) in [6.45, 7) is 7.91. The lowest BCUT2D eigenvalue weighted by Crippen LogP contribution is -2.56. The quantitative estimate of drug-likeness (QED) is 0.822. The summed E-state index contributed by atoms with van der Waals surface area (Å²) in [5.74, 6) is 0.806. The second kappa shape index (κ2) is 6.82. The summed E-state index contributed by atoms with van der Waals surface area (Å²) in [5, 5.41) is 0. The number of carbonyl (C=O) groups is 1. The van der Waals surface area contributed by atoms with E-state index in [9.17, 15) is 13.6 Å². The molecule has 0 aromatic heterocycles. The van der Waals surface area contributed by atoms with Gasteiger partial charge in [0.1, 0.15) is 0 Å². The topological polar surface area (TPSA) is 75.7 Å². The molecule has 3 rings (SSSR count). The molecule has 0 spiro atoms. The lowest BCUT2D eigenvalue weighted by Gasteiger charge is -2.44. The standard InChI is InChI=1S/C17H25N3O3S/c1-17(2,14-5-6-14)20-11-9-19(10-12-20)16(21)13-3-7-15(8-4-13)18-24(22)23/h3-4,7-8,14,18H,5-6,9-12H2,1-2H3,(H,22,23)/p-1. The average molecular weight is 350 g/mol. The van der Waals surface area contributed by atoms with Gasteiger partial charge in [0, 0.05) is 54.2 Å². The van der Waals surface area contributed by atoms with Crippen molar-refractivity contribution >= 4 is 22.9 Å². The molecule has 1 saturated heterocycles. The van der Waals surface area contributed by atoms with Gasteiger partial charge in [-0.3, -0.25) is 13.9 Å². The average Bonchev–Trinajstić information content (AvgIpc) is 3.40. The van der Waals surface area contributed by atoms with Crippen molar-refractivity contribution in [3.05, 3.63) is 29.8 Å². The summed E-state index contributed by atoms with van der Waals surface area (Å²) in [4.78, 5) is 17.0. The number of rotatable bonds is 5. The molecule has 1 saturated carbocycles. The van der Waals surface area contributed by atoms with Crippen LogP contribution in [-0.2, 0) is 11.3 Å². The van der Waals surface area contributed by atoms with Gasteiger partial charge in [0.2, 0.25) is 0 Å². The van der Waals surface area contributed by atoms with Crippen LogP contribution in [0, 0.1) is 5.92 Å². The van der Waals surface area contributed by atoms with Gasteiger partial charge in [0.25, 0.3) is 5.91 Å². The highest BCUT2D eigenvalue weighted by Gasteiger charge is 2.42. The van der Waals surface area contributed by atoms with E-state index < -0.39 is 11.3 Å². The van der Waals surface area contributed by atoms with Crippen LogP contribution in [0.4, 0.5) is 5.69 Å². The van der Waals surface area contributed by atoms with E-state index in [1.165, 1.54) is 12.8 Å². The van der Waals surface area contributed by atoms with Gasteiger partial charge >= 0.3 is 0 Å². The molecule has 1 amide bonds. The molecule has 2 aliphatic rings. The zero-order valence-corrected chi connectivity index (χ0v) is 15.0. The predicted molar refractivity (Wildman–Crippen MR) is 93.3 cm³/mol. The Morgan fingerprint density at radius 2 is 1.75 bits per heavy atom. The van der Waals surface area contributed by atoms with E-state index in [4.69, 9.17) is 0 Å². The monoisotopic (exact) mass is 350 g/mol. The lowest BCUT2D eigenvalue weighted by atomic mass is 9.95. The first-order valence-corrected chi connectivity index (χ1v) is 9.46.